The highest BCUT2D eigenvalue weighted by Gasteiger charge is 2.22. The molecule has 0 N–H and O–H groups in total. The zero-order valence-electron chi connectivity index (χ0n) is 16.2. The molecule has 1 aliphatic heterocycles. The molecule has 1 aromatic carbocycles. The van der Waals surface area contributed by atoms with Gasteiger partial charge in [-0.05, 0) is 55.5 Å². The van der Waals surface area contributed by atoms with Crippen LogP contribution in [-0.4, -0.2) is 45.6 Å². The van der Waals surface area contributed by atoms with Gasteiger partial charge in [-0.15, -0.1) is 21.5 Å². The second kappa shape index (κ2) is 9.56. The lowest BCUT2D eigenvalue weighted by molar-refractivity contribution is 0.0953. The minimum absolute atomic E-state index is 0.0578. The number of hydrogen-bond donors (Lipinski definition) is 0. The van der Waals surface area contributed by atoms with Gasteiger partial charge in [0.1, 0.15) is 5.75 Å². The van der Waals surface area contributed by atoms with Crippen molar-refractivity contribution in [2.75, 3.05) is 19.0 Å². The summed E-state index contributed by atoms with van der Waals surface area (Å²) in [5.74, 6) is 1.98. The standard InChI is InChI=1S/C21H23N3O3S2/c1-2-26-16-9-7-15(8-10-16)18(25)14-29-21-23-22-20(19-6-4-12-28-19)24(21)13-17-5-3-11-27-17/h4,6-10,12,17H,2-3,5,11,13-14H2,1H3. The number of ketones is 1. The van der Waals surface area contributed by atoms with Crippen LogP contribution in [-0.2, 0) is 11.3 Å². The van der Waals surface area contributed by atoms with Gasteiger partial charge in [-0.25, -0.2) is 0 Å². The summed E-state index contributed by atoms with van der Waals surface area (Å²) in [7, 11) is 0. The maximum absolute atomic E-state index is 12.6. The molecule has 4 rings (SSSR count). The topological polar surface area (TPSA) is 66.2 Å². The maximum Gasteiger partial charge on any atom is 0.192 e. The fraction of sp³-hybridized carbons (Fsp3) is 0.381. The van der Waals surface area contributed by atoms with Crippen LogP contribution in [0.25, 0.3) is 10.7 Å². The first kappa shape index (κ1) is 20.1. The van der Waals surface area contributed by atoms with E-state index in [4.69, 9.17) is 9.47 Å². The summed E-state index contributed by atoms with van der Waals surface area (Å²) in [6, 6.07) is 11.3. The van der Waals surface area contributed by atoms with Crippen molar-refractivity contribution in [1.29, 1.82) is 0 Å². The summed E-state index contributed by atoms with van der Waals surface area (Å²) in [6.45, 7) is 4.06. The number of hydrogen-bond acceptors (Lipinski definition) is 7. The maximum atomic E-state index is 12.6. The average molecular weight is 430 g/mol. The Labute approximate surface area is 178 Å². The molecule has 0 radical (unpaired) electrons. The second-order valence-corrected chi connectivity index (χ2v) is 8.59. The first-order valence-electron chi connectivity index (χ1n) is 9.72. The van der Waals surface area contributed by atoms with E-state index in [1.54, 1.807) is 11.3 Å². The number of ether oxygens (including phenoxy) is 2. The predicted molar refractivity (Wildman–Crippen MR) is 115 cm³/mol. The van der Waals surface area contributed by atoms with Gasteiger partial charge in [0.05, 0.1) is 29.9 Å². The molecule has 1 saturated heterocycles. The summed E-state index contributed by atoms with van der Waals surface area (Å²) < 4.78 is 13.4. The van der Waals surface area contributed by atoms with Crippen molar-refractivity contribution in [2.45, 2.75) is 37.6 Å². The lowest BCUT2D eigenvalue weighted by atomic mass is 10.1. The smallest absolute Gasteiger partial charge is 0.192 e. The normalized spacial score (nSPS) is 16.2. The Morgan fingerprint density at radius 1 is 1.31 bits per heavy atom. The van der Waals surface area contributed by atoms with Crippen molar-refractivity contribution < 1.29 is 14.3 Å². The van der Waals surface area contributed by atoms with E-state index in [9.17, 15) is 4.79 Å². The van der Waals surface area contributed by atoms with Crippen LogP contribution < -0.4 is 4.74 Å². The van der Waals surface area contributed by atoms with Gasteiger partial charge in [-0.3, -0.25) is 9.36 Å². The highest BCUT2D eigenvalue weighted by molar-refractivity contribution is 7.99. The third-order valence-corrected chi connectivity index (χ3v) is 6.52. The van der Waals surface area contributed by atoms with Crippen LogP contribution in [0.1, 0.15) is 30.1 Å². The van der Waals surface area contributed by atoms with Crippen molar-refractivity contribution in [2.24, 2.45) is 0 Å². The molecule has 1 fully saturated rings. The molecule has 152 valence electrons. The molecule has 6 nitrogen and oxygen atoms in total. The molecular weight excluding hydrogens is 406 g/mol. The number of Topliss-reactive ketones (excluding diaryl/α,β-unsaturated/α-hetero) is 1. The lowest BCUT2D eigenvalue weighted by Crippen LogP contribution is -2.17. The van der Waals surface area contributed by atoms with E-state index in [0.717, 1.165) is 41.1 Å². The summed E-state index contributed by atoms with van der Waals surface area (Å²) in [4.78, 5) is 13.7. The SMILES string of the molecule is CCOc1ccc(C(=O)CSc2nnc(-c3cccs3)n2CC2CCCO2)cc1. The number of thiophene rings is 1. The van der Waals surface area contributed by atoms with E-state index in [2.05, 4.69) is 14.8 Å². The first-order chi connectivity index (χ1) is 14.2. The number of thioether (sulfide) groups is 1. The Bertz CT molecular complexity index is 933. The molecule has 8 heteroatoms. The monoisotopic (exact) mass is 429 g/mol. The van der Waals surface area contributed by atoms with Gasteiger partial charge in [0.15, 0.2) is 16.8 Å². The molecule has 1 unspecified atom stereocenters. The van der Waals surface area contributed by atoms with Gasteiger partial charge in [-0.1, -0.05) is 17.8 Å². The van der Waals surface area contributed by atoms with Gasteiger partial charge in [0, 0.05) is 12.2 Å². The molecule has 0 amide bonds. The number of carbonyl (C=O) groups excluding carboxylic acids is 1. The molecule has 3 heterocycles. The van der Waals surface area contributed by atoms with E-state index >= 15 is 0 Å². The Morgan fingerprint density at radius 3 is 2.86 bits per heavy atom. The number of aromatic nitrogens is 3. The number of rotatable bonds is 9. The van der Waals surface area contributed by atoms with Crippen molar-refractivity contribution in [3.05, 3.63) is 47.3 Å². The molecule has 29 heavy (non-hydrogen) atoms. The Hall–Kier alpha value is -2.16. The van der Waals surface area contributed by atoms with E-state index < -0.39 is 0 Å². The minimum Gasteiger partial charge on any atom is -0.494 e. The summed E-state index contributed by atoms with van der Waals surface area (Å²) >= 11 is 3.06. The van der Waals surface area contributed by atoms with E-state index in [1.807, 2.05) is 48.7 Å². The summed E-state index contributed by atoms with van der Waals surface area (Å²) in [5.41, 5.74) is 0.671. The largest absolute Gasteiger partial charge is 0.494 e. The van der Waals surface area contributed by atoms with Crippen LogP contribution in [0.2, 0.25) is 0 Å². The fourth-order valence-corrected chi connectivity index (χ4v) is 4.82. The van der Waals surface area contributed by atoms with Crippen LogP contribution in [0.4, 0.5) is 0 Å². The predicted octanol–water partition coefficient (Wildman–Crippen LogP) is 4.56. The Balaban J connectivity index is 1.48. The number of nitrogens with zero attached hydrogens (tertiary/aromatic N) is 3. The van der Waals surface area contributed by atoms with Gasteiger partial charge in [0.25, 0.3) is 0 Å². The van der Waals surface area contributed by atoms with Gasteiger partial charge in [0.2, 0.25) is 0 Å². The molecule has 0 bridgehead atoms. The zero-order chi connectivity index (χ0) is 20.1. The van der Waals surface area contributed by atoms with Crippen LogP contribution >= 0.6 is 23.1 Å². The Kier molecular flexibility index (Phi) is 6.63. The molecule has 3 aromatic rings. The lowest BCUT2D eigenvalue weighted by Gasteiger charge is -2.14. The fourth-order valence-electron chi connectivity index (χ4n) is 3.26. The van der Waals surface area contributed by atoms with Crippen molar-refractivity contribution >= 4 is 28.9 Å². The van der Waals surface area contributed by atoms with Gasteiger partial charge >= 0.3 is 0 Å². The van der Waals surface area contributed by atoms with Crippen molar-refractivity contribution in [3.8, 4) is 16.5 Å². The molecular formula is C21H23N3O3S2. The van der Waals surface area contributed by atoms with Crippen LogP contribution in [0.5, 0.6) is 5.75 Å². The van der Waals surface area contributed by atoms with Gasteiger partial charge in [-0.2, -0.15) is 0 Å². The van der Waals surface area contributed by atoms with Gasteiger partial charge < -0.3 is 9.47 Å². The molecule has 0 spiro atoms. The molecule has 2 aromatic heterocycles. The molecule has 0 saturated carbocycles. The third kappa shape index (κ3) is 4.88. The Morgan fingerprint density at radius 2 is 2.17 bits per heavy atom. The molecule has 1 atom stereocenters. The highest BCUT2D eigenvalue weighted by Crippen LogP contribution is 2.29. The van der Waals surface area contributed by atoms with E-state index in [-0.39, 0.29) is 11.9 Å². The second-order valence-electron chi connectivity index (χ2n) is 6.70. The van der Waals surface area contributed by atoms with Crippen molar-refractivity contribution in [1.82, 2.24) is 14.8 Å². The molecule has 0 aliphatic carbocycles. The zero-order valence-corrected chi connectivity index (χ0v) is 17.9. The van der Waals surface area contributed by atoms with E-state index in [0.29, 0.717) is 24.5 Å². The third-order valence-electron chi connectivity index (χ3n) is 4.69. The quantitative estimate of drug-likeness (QED) is 0.367. The molecule has 1 aliphatic rings. The minimum atomic E-state index is 0.0578. The number of carbonyl (C=O) groups is 1. The summed E-state index contributed by atoms with van der Waals surface area (Å²) in [6.07, 6.45) is 2.29. The number of benzene rings is 1. The van der Waals surface area contributed by atoms with Crippen LogP contribution in [0, 0.1) is 0 Å². The first-order valence-corrected chi connectivity index (χ1v) is 11.6. The van der Waals surface area contributed by atoms with E-state index in [1.165, 1.54) is 11.8 Å². The highest BCUT2D eigenvalue weighted by atomic mass is 32.2. The van der Waals surface area contributed by atoms with Crippen molar-refractivity contribution in [3.63, 3.8) is 0 Å². The summed E-state index contributed by atoms with van der Waals surface area (Å²) in [5, 5.41) is 11.6. The van der Waals surface area contributed by atoms with Crippen LogP contribution in [0.3, 0.4) is 0 Å². The van der Waals surface area contributed by atoms with Crippen LogP contribution in [0.15, 0.2) is 46.9 Å². The average Bonchev–Trinajstić information content (AvgIpc) is 3.50.